The standard InChI is InChI=1S/C13H18N2O4/c1-2-9-8-15(6-4-10(9)7-12(16)17)13(18)11-3-5-14-19-11/h3,5,9-10H,2,4,6-8H2,1H3,(H,16,17)/t9-,10-/m0/s1. The molecule has 1 fully saturated rings. The van der Waals surface area contributed by atoms with Crippen molar-refractivity contribution < 1.29 is 19.2 Å². The van der Waals surface area contributed by atoms with Crippen molar-refractivity contribution in [3.8, 4) is 0 Å². The van der Waals surface area contributed by atoms with Gasteiger partial charge in [-0.05, 0) is 18.3 Å². The van der Waals surface area contributed by atoms with Gasteiger partial charge in [0.2, 0.25) is 5.76 Å². The van der Waals surface area contributed by atoms with Crippen LogP contribution in [0.5, 0.6) is 0 Å². The molecule has 19 heavy (non-hydrogen) atoms. The van der Waals surface area contributed by atoms with E-state index in [2.05, 4.69) is 5.16 Å². The minimum atomic E-state index is -0.765. The number of nitrogens with zero attached hydrogens (tertiary/aromatic N) is 2. The molecule has 0 bridgehead atoms. The number of amides is 1. The molecule has 104 valence electrons. The third-order valence-corrected chi connectivity index (χ3v) is 3.79. The first kappa shape index (κ1) is 13.6. The largest absolute Gasteiger partial charge is 0.481 e. The smallest absolute Gasteiger partial charge is 0.303 e. The summed E-state index contributed by atoms with van der Waals surface area (Å²) in [7, 11) is 0. The molecule has 1 aliphatic rings. The lowest BCUT2D eigenvalue weighted by Crippen LogP contribution is -2.44. The Labute approximate surface area is 111 Å². The van der Waals surface area contributed by atoms with E-state index in [-0.39, 0.29) is 29.9 Å². The van der Waals surface area contributed by atoms with Crippen molar-refractivity contribution in [3.63, 3.8) is 0 Å². The molecule has 1 aromatic rings. The second-order valence-corrected chi connectivity index (χ2v) is 4.94. The van der Waals surface area contributed by atoms with Crippen LogP contribution in [0.4, 0.5) is 0 Å². The highest BCUT2D eigenvalue weighted by molar-refractivity contribution is 5.91. The summed E-state index contributed by atoms with van der Waals surface area (Å²) in [4.78, 5) is 24.7. The quantitative estimate of drug-likeness (QED) is 0.895. The van der Waals surface area contributed by atoms with E-state index < -0.39 is 5.97 Å². The Morgan fingerprint density at radius 2 is 2.32 bits per heavy atom. The van der Waals surface area contributed by atoms with Gasteiger partial charge in [0.1, 0.15) is 0 Å². The fourth-order valence-electron chi connectivity index (χ4n) is 2.70. The average molecular weight is 266 g/mol. The van der Waals surface area contributed by atoms with E-state index >= 15 is 0 Å². The lowest BCUT2D eigenvalue weighted by molar-refractivity contribution is -0.139. The molecule has 0 radical (unpaired) electrons. The number of hydrogen-bond acceptors (Lipinski definition) is 4. The normalized spacial score (nSPS) is 23.3. The lowest BCUT2D eigenvalue weighted by atomic mass is 9.81. The van der Waals surface area contributed by atoms with Gasteiger partial charge in [-0.2, -0.15) is 0 Å². The predicted octanol–water partition coefficient (Wildman–Crippen LogP) is 1.64. The van der Waals surface area contributed by atoms with E-state index in [1.54, 1.807) is 11.0 Å². The second kappa shape index (κ2) is 5.86. The molecule has 1 aromatic heterocycles. The summed E-state index contributed by atoms with van der Waals surface area (Å²) in [6.45, 7) is 3.20. The molecule has 1 saturated heterocycles. The number of piperidine rings is 1. The zero-order chi connectivity index (χ0) is 13.8. The van der Waals surface area contributed by atoms with Crippen LogP contribution in [0.15, 0.2) is 16.8 Å². The Morgan fingerprint density at radius 1 is 1.53 bits per heavy atom. The fourth-order valence-corrected chi connectivity index (χ4v) is 2.70. The van der Waals surface area contributed by atoms with Crippen LogP contribution < -0.4 is 0 Å². The van der Waals surface area contributed by atoms with Crippen LogP contribution in [0.3, 0.4) is 0 Å². The van der Waals surface area contributed by atoms with Crippen molar-refractivity contribution in [2.45, 2.75) is 26.2 Å². The SMILES string of the molecule is CC[C@H]1CN(C(=O)c2ccno2)CC[C@H]1CC(=O)O. The number of aromatic nitrogens is 1. The van der Waals surface area contributed by atoms with E-state index in [1.165, 1.54) is 6.20 Å². The first-order valence-corrected chi connectivity index (χ1v) is 6.53. The average Bonchev–Trinajstić information content (AvgIpc) is 2.91. The summed E-state index contributed by atoms with van der Waals surface area (Å²) in [5.41, 5.74) is 0. The van der Waals surface area contributed by atoms with Gasteiger partial charge in [-0.1, -0.05) is 18.5 Å². The molecule has 1 N–H and O–H groups in total. The van der Waals surface area contributed by atoms with E-state index in [4.69, 9.17) is 9.63 Å². The van der Waals surface area contributed by atoms with Gasteiger partial charge >= 0.3 is 5.97 Å². The maximum Gasteiger partial charge on any atom is 0.303 e. The summed E-state index contributed by atoms with van der Waals surface area (Å²) < 4.78 is 4.87. The highest BCUT2D eigenvalue weighted by Gasteiger charge is 2.32. The Kier molecular flexibility index (Phi) is 4.19. The Morgan fingerprint density at radius 3 is 2.89 bits per heavy atom. The second-order valence-electron chi connectivity index (χ2n) is 4.94. The van der Waals surface area contributed by atoms with Crippen LogP contribution in [-0.2, 0) is 4.79 Å². The number of carbonyl (C=O) groups is 2. The van der Waals surface area contributed by atoms with Gasteiger partial charge in [-0.15, -0.1) is 0 Å². The summed E-state index contributed by atoms with van der Waals surface area (Å²) in [6, 6.07) is 1.55. The zero-order valence-electron chi connectivity index (χ0n) is 10.9. The first-order valence-electron chi connectivity index (χ1n) is 6.53. The molecule has 1 aliphatic heterocycles. The van der Waals surface area contributed by atoms with E-state index in [1.807, 2.05) is 6.92 Å². The Bertz CT molecular complexity index is 444. The van der Waals surface area contributed by atoms with Crippen LogP contribution in [0.1, 0.15) is 36.7 Å². The van der Waals surface area contributed by atoms with Gasteiger partial charge in [0.25, 0.3) is 5.91 Å². The lowest BCUT2D eigenvalue weighted by Gasteiger charge is -2.37. The molecule has 1 amide bonds. The fraction of sp³-hybridized carbons (Fsp3) is 0.615. The van der Waals surface area contributed by atoms with Crippen molar-refractivity contribution >= 4 is 11.9 Å². The van der Waals surface area contributed by atoms with Crippen molar-refractivity contribution in [2.24, 2.45) is 11.8 Å². The Balaban J connectivity index is 2.00. The van der Waals surface area contributed by atoms with Crippen LogP contribution in [0, 0.1) is 11.8 Å². The minimum Gasteiger partial charge on any atom is -0.481 e. The number of carboxylic acid groups (broad SMARTS) is 1. The number of rotatable bonds is 4. The van der Waals surface area contributed by atoms with E-state index in [9.17, 15) is 9.59 Å². The van der Waals surface area contributed by atoms with Gasteiger partial charge < -0.3 is 14.5 Å². The topological polar surface area (TPSA) is 83.6 Å². The van der Waals surface area contributed by atoms with E-state index in [0.29, 0.717) is 13.1 Å². The van der Waals surface area contributed by atoms with Crippen LogP contribution >= 0.6 is 0 Å². The predicted molar refractivity (Wildman–Crippen MR) is 66.5 cm³/mol. The monoisotopic (exact) mass is 266 g/mol. The van der Waals surface area contributed by atoms with Crippen LogP contribution in [-0.4, -0.2) is 40.1 Å². The molecular weight excluding hydrogens is 248 g/mol. The maximum atomic E-state index is 12.1. The maximum absolute atomic E-state index is 12.1. The van der Waals surface area contributed by atoms with Crippen molar-refractivity contribution in [1.82, 2.24) is 10.1 Å². The van der Waals surface area contributed by atoms with Gasteiger partial charge in [-0.3, -0.25) is 9.59 Å². The summed E-state index contributed by atoms with van der Waals surface area (Å²) in [6.07, 6.45) is 3.23. The number of carboxylic acids is 1. The Hall–Kier alpha value is -1.85. The third kappa shape index (κ3) is 3.13. The third-order valence-electron chi connectivity index (χ3n) is 3.79. The van der Waals surface area contributed by atoms with Crippen molar-refractivity contribution in [1.29, 1.82) is 0 Å². The van der Waals surface area contributed by atoms with Gasteiger partial charge in [0, 0.05) is 25.6 Å². The number of aliphatic carboxylic acids is 1. The molecule has 6 nitrogen and oxygen atoms in total. The molecular formula is C13H18N2O4. The van der Waals surface area contributed by atoms with Gasteiger partial charge in [0.05, 0.1) is 6.20 Å². The zero-order valence-corrected chi connectivity index (χ0v) is 10.9. The molecule has 0 saturated carbocycles. The van der Waals surface area contributed by atoms with Gasteiger partial charge in [-0.25, -0.2) is 0 Å². The number of carbonyl (C=O) groups excluding carboxylic acids is 1. The highest BCUT2D eigenvalue weighted by atomic mass is 16.5. The summed E-state index contributed by atoms with van der Waals surface area (Å²) >= 11 is 0. The minimum absolute atomic E-state index is 0.154. The van der Waals surface area contributed by atoms with Crippen molar-refractivity contribution in [2.75, 3.05) is 13.1 Å². The molecule has 0 aliphatic carbocycles. The molecule has 2 heterocycles. The highest BCUT2D eigenvalue weighted by Crippen LogP contribution is 2.29. The van der Waals surface area contributed by atoms with Crippen LogP contribution in [0.2, 0.25) is 0 Å². The summed E-state index contributed by atoms with van der Waals surface area (Å²) in [5, 5.41) is 12.4. The molecule has 2 rings (SSSR count). The number of hydrogen-bond donors (Lipinski definition) is 1. The molecule has 0 aromatic carbocycles. The first-order chi connectivity index (χ1) is 9.11. The number of likely N-dealkylation sites (tertiary alicyclic amines) is 1. The molecule has 0 unspecified atom stereocenters. The molecule has 6 heteroatoms. The van der Waals surface area contributed by atoms with Gasteiger partial charge in [0.15, 0.2) is 0 Å². The molecule has 2 atom stereocenters. The van der Waals surface area contributed by atoms with Crippen molar-refractivity contribution in [3.05, 3.63) is 18.0 Å². The van der Waals surface area contributed by atoms with Crippen LogP contribution in [0.25, 0.3) is 0 Å². The molecule has 0 spiro atoms. The van der Waals surface area contributed by atoms with E-state index in [0.717, 1.165) is 12.8 Å². The summed E-state index contributed by atoms with van der Waals surface area (Å²) in [5.74, 6) is -0.298.